The fourth-order valence-corrected chi connectivity index (χ4v) is 4.30. The fourth-order valence-electron chi connectivity index (χ4n) is 2.43. The van der Waals surface area contributed by atoms with Crippen LogP contribution in [0.15, 0.2) is 15.7 Å². The molecule has 0 aromatic carbocycles. The third kappa shape index (κ3) is 3.35. The van der Waals surface area contributed by atoms with Crippen molar-refractivity contribution in [3.8, 4) is 10.8 Å². The van der Waals surface area contributed by atoms with Crippen LogP contribution in [0.3, 0.4) is 0 Å². The Morgan fingerprint density at radius 1 is 1.50 bits per heavy atom. The zero-order valence-electron chi connectivity index (χ0n) is 13.0. The molecule has 2 heterocycles. The summed E-state index contributed by atoms with van der Waals surface area (Å²) in [5.74, 6) is 1.66. The smallest absolute Gasteiger partial charge is 0.277 e. The van der Waals surface area contributed by atoms with E-state index in [0.29, 0.717) is 16.9 Å². The number of thiophene rings is 1. The maximum atomic E-state index is 11.6. The van der Waals surface area contributed by atoms with Crippen molar-refractivity contribution >= 4 is 29.0 Å². The molecule has 1 amide bonds. The first-order valence-corrected chi connectivity index (χ1v) is 9.11. The molecule has 1 aliphatic carbocycles. The number of aryl methyl sites for hydroxylation is 1. The highest BCUT2D eigenvalue weighted by molar-refractivity contribution is 7.99. The normalized spacial score (nSPS) is 17.3. The summed E-state index contributed by atoms with van der Waals surface area (Å²) in [5.41, 5.74) is 1.42. The second-order valence-electron chi connectivity index (χ2n) is 5.86. The van der Waals surface area contributed by atoms with Gasteiger partial charge in [0.15, 0.2) is 0 Å². The van der Waals surface area contributed by atoms with E-state index >= 15 is 0 Å². The Bertz CT molecular complexity index is 678. The molecule has 2 aromatic heterocycles. The van der Waals surface area contributed by atoms with E-state index in [1.165, 1.54) is 28.6 Å². The van der Waals surface area contributed by atoms with Gasteiger partial charge in [-0.25, -0.2) is 0 Å². The van der Waals surface area contributed by atoms with E-state index < -0.39 is 0 Å². The van der Waals surface area contributed by atoms with E-state index in [0.717, 1.165) is 23.6 Å². The van der Waals surface area contributed by atoms with Crippen molar-refractivity contribution < 1.29 is 9.21 Å². The molecule has 0 saturated carbocycles. The van der Waals surface area contributed by atoms with E-state index in [-0.39, 0.29) is 5.91 Å². The topological polar surface area (TPSA) is 59.2 Å². The SMILES string of the molecule is C[C@H]1CCc2sc(-c3nnc(SCC(=O)N(C)C)o3)cc2C1. The van der Waals surface area contributed by atoms with Gasteiger partial charge in [0.1, 0.15) is 0 Å². The van der Waals surface area contributed by atoms with Crippen LogP contribution in [0.1, 0.15) is 23.8 Å². The Labute approximate surface area is 138 Å². The summed E-state index contributed by atoms with van der Waals surface area (Å²) in [4.78, 5) is 15.6. The van der Waals surface area contributed by atoms with Gasteiger partial charge in [0.25, 0.3) is 11.1 Å². The third-order valence-corrected chi connectivity index (χ3v) is 5.79. The quantitative estimate of drug-likeness (QED) is 0.802. The average Bonchev–Trinajstić information content (AvgIpc) is 3.10. The van der Waals surface area contributed by atoms with Gasteiger partial charge in [0.2, 0.25) is 5.91 Å². The number of thioether (sulfide) groups is 1. The standard InChI is InChI=1S/C15H19N3O2S2/c1-9-4-5-11-10(6-9)7-12(22-11)14-16-17-15(20-14)21-8-13(19)18(2)3/h7,9H,4-6,8H2,1-3H3/t9-/m0/s1. The Morgan fingerprint density at radius 3 is 3.09 bits per heavy atom. The summed E-state index contributed by atoms with van der Waals surface area (Å²) in [6.45, 7) is 2.30. The van der Waals surface area contributed by atoms with Crippen molar-refractivity contribution in [2.45, 2.75) is 31.4 Å². The lowest BCUT2D eigenvalue weighted by molar-refractivity contribution is -0.125. The summed E-state index contributed by atoms with van der Waals surface area (Å²) < 4.78 is 5.68. The first-order chi connectivity index (χ1) is 10.5. The molecule has 1 atom stereocenters. The van der Waals surface area contributed by atoms with Crippen molar-refractivity contribution in [1.29, 1.82) is 0 Å². The minimum Gasteiger partial charge on any atom is -0.410 e. The van der Waals surface area contributed by atoms with Crippen molar-refractivity contribution in [2.75, 3.05) is 19.8 Å². The van der Waals surface area contributed by atoms with Crippen LogP contribution < -0.4 is 0 Å². The third-order valence-electron chi connectivity index (χ3n) is 3.76. The Balaban J connectivity index is 1.70. The second-order valence-corrected chi connectivity index (χ2v) is 7.92. The summed E-state index contributed by atoms with van der Waals surface area (Å²) >= 11 is 3.03. The number of hydrogen-bond donors (Lipinski definition) is 0. The van der Waals surface area contributed by atoms with Gasteiger partial charge >= 0.3 is 0 Å². The van der Waals surface area contributed by atoms with Gasteiger partial charge in [-0.3, -0.25) is 4.79 Å². The number of hydrogen-bond acceptors (Lipinski definition) is 6. The monoisotopic (exact) mass is 337 g/mol. The molecular formula is C15H19N3O2S2. The van der Waals surface area contributed by atoms with Gasteiger partial charge in [0, 0.05) is 19.0 Å². The van der Waals surface area contributed by atoms with Crippen molar-refractivity contribution in [3.63, 3.8) is 0 Å². The number of fused-ring (bicyclic) bond motifs is 1. The maximum Gasteiger partial charge on any atom is 0.277 e. The minimum absolute atomic E-state index is 0.0327. The van der Waals surface area contributed by atoms with Gasteiger partial charge < -0.3 is 9.32 Å². The lowest BCUT2D eigenvalue weighted by Gasteiger charge is -2.16. The number of carbonyl (C=O) groups excluding carboxylic acids is 1. The highest BCUT2D eigenvalue weighted by atomic mass is 32.2. The lowest BCUT2D eigenvalue weighted by Crippen LogP contribution is -2.23. The van der Waals surface area contributed by atoms with Crippen molar-refractivity contribution in [2.24, 2.45) is 5.92 Å². The Kier molecular flexibility index (Phi) is 4.54. The molecule has 3 rings (SSSR count). The molecule has 0 N–H and O–H groups in total. The summed E-state index contributed by atoms with van der Waals surface area (Å²) in [6, 6.07) is 2.18. The molecule has 0 bridgehead atoms. The van der Waals surface area contributed by atoms with Gasteiger partial charge in [0.05, 0.1) is 10.6 Å². The van der Waals surface area contributed by atoms with E-state index in [1.54, 1.807) is 30.3 Å². The van der Waals surface area contributed by atoms with E-state index in [1.807, 2.05) is 0 Å². The molecule has 0 spiro atoms. The average molecular weight is 337 g/mol. The fraction of sp³-hybridized carbons (Fsp3) is 0.533. The summed E-state index contributed by atoms with van der Waals surface area (Å²) in [5, 5.41) is 8.60. The molecule has 0 saturated heterocycles. The van der Waals surface area contributed by atoms with Crippen molar-refractivity contribution in [1.82, 2.24) is 15.1 Å². The molecule has 0 aliphatic heterocycles. The molecule has 22 heavy (non-hydrogen) atoms. The number of rotatable bonds is 4. The van der Waals surface area contributed by atoms with Gasteiger partial charge in [-0.15, -0.1) is 21.5 Å². The summed E-state index contributed by atoms with van der Waals surface area (Å²) in [6.07, 6.45) is 3.54. The largest absolute Gasteiger partial charge is 0.410 e. The van der Waals surface area contributed by atoms with Crippen LogP contribution in [0.4, 0.5) is 0 Å². The zero-order valence-corrected chi connectivity index (χ0v) is 14.6. The summed E-state index contributed by atoms with van der Waals surface area (Å²) in [7, 11) is 3.47. The lowest BCUT2D eigenvalue weighted by atomic mass is 9.90. The molecule has 2 aromatic rings. The van der Waals surface area contributed by atoms with E-state index in [2.05, 4.69) is 23.2 Å². The molecule has 0 fully saturated rings. The number of amides is 1. The molecule has 0 radical (unpaired) electrons. The molecule has 118 valence electrons. The predicted molar refractivity (Wildman–Crippen MR) is 88.2 cm³/mol. The number of carbonyl (C=O) groups is 1. The molecule has 7 heteroatoms. The van der Waals surface area contributed by atoms with Crippen LogP contribution in [-0.4, -0.2) is 40.9 Å². The first-order valence-electron chi connectivity index (χ1n) is 7.31. The molecule has 1 aliphatic rings. The molecular weight excluding hydrogens is 318 g/mol. The zero-order chi connectivity index (χ0) is 15.7. The Hall–Kier alpha value is -1.34. The van der Waals surface area contributed by atoms with Gasteiger partial charge in [-0.2, -0.15) is 0 Å². The van der Waals surface area contributed by atoms with Crippen LogP contribution in [0.5, 0.6) is 0 Å². The number of nitrogens with zero attached hydrogens (tertiary/aromatic N) is 3. The van der Waals surface area contributed by atoms with Crippen molar-refractivity contribution in [3.05, 3.63) is 16.5 Å². The molecule has 5 nitrogen and oxygen atoms in total. The van der Waals surface area contributed by atoms with Crippen LogP contribution in [-0.2, 0) is 17.6 Å². The first kappa shape index (κ1) is 15.6. The van der Waals surface area contributed by atoms with Crippen LogP contribution in [0, 0.1) is 5.92 Å². The maximum absolute atomic E-state index is 11.6. The van der Waals surface area contributed by atoms with Crippen LogP contribution in [0.2, 0.25) is 0 Å². The van der Waals surface area contributed by atoms with E-state index in [9.17, 15) is 4.79 Å². The highest BCUT2D eigenvalue weighted by Gasteiger charge is 2.21. The second kappa shape index (κ2) is 6.42. The minimum atomic E-state index is 0.0327. The molecule has 0 unspecified atom stereocenters. The van der Waals surface area contributed by atoms with Gasteiger partial charge in [-0.05, 0) is 36.8 Å². The van der Waals surface area contributed by atoms with Crippen LogP contribution in [0.25, 0.3) is 10.8 Å². The predicted octanol–water partition coefficient (Wildman–Crippen LogP) is 3.10. The highest BCUT2D eigenvalue weighted by Crippen LogP contribution is 2.37. The van der Waals surface area contributed by atoms with Gasteiger partial charge in [-0.1, -0.05) is 18.7 Å². The Morgan fingerprint density at radius 2 is 2.32 bits per heavy atom. The van der Waals surface area contributed by atoms with Crippen LogP contribution >= 0.6 is 23.1 Å². The van der Waals surface area contributed by atoms with E-state index in [4.69, 9.17) is 4.42 Å². The number of aromatic nitrogens is 2.